The van der Waals surface area contributed by atoms with Gasteiger partial charge in [0.1, 0.15) is 0 Å². The first-order chi connectivity index (χ1) is 6.74. The Hall–Kier alpha value is -0.670. The Kier molecular flexibility index (Phi) is 4.84. The topological polar surface area (TPSA) is 32.6 Å². The second kappa shape index (κ2) is 5.94. The summed E-state index contributed by atoms with van der Waals surface area (Å²) in [5, 5.41) is 9.53. The van der Waals surface area contributed by atoms with Gasteiger partial charge in [0.2, 0.25) is 0 Å². The number of nitrogens with zero attached hydrogens (tertiary/aromatic N) is 1. The van der Waals surface area contributed by atoms with Crippen LogP contribution < -0.4 is 0 Å². The van der Waals surface area contributed by atoms with Gasteiger partial charge in [0, 0.05) is 6.21 Å². The lowest BCUT2D eigenvalue weighted by Crippen LogP contribution is -2.16. The van der Waals surface area contributed by atoms with Crippen LogP contribution >= 0.6 is 15.9 Å². The van der Waals surface area contributed by atoms with Crippen LogP contribution in [0.2, 0.25) is 0 Å². The van der Waals surface area contributed by atoms with E-state index in [1.165, 1.54) is 0 Å². The minimum atomic E-state index is -0.666. The summed E-state index contributed by atoms with van der Waals surface area (Å²) >= 11 is 3.35. The maximum absolute atomic E-state index is 9.53. The summed E-state index contributed by atoms with van der Waals surface area (Å²) in [4.78, 5) is 4.08. The van der Waals surface area contributed by atoms with E-state index < -0.39 is 6.23 Å². The Bertz CT molecular complexity index is 287. The Morgan fingerprint density at radius 2 is 2.07 bits per heavy atom. The van der Waals surface area contributed by atoms with Crippen LogP contribution in [0.4, 0.5) is 0 Å². The summed E-state index contributed by atoms with van der Waals surface area (Å²) in [6.07, 6.45) is 1.88. The van der Waals surface area contributed by atoms with Crippen LogP contribution in [0.1, 0.15) is 18.9 Å². The maximum atomic E-state index is 9.53. The van der Waals surface area contributed by atoms with Crippen LogP contribution in [0.25, 0.3) is 0 Å². The zero-order chi connectivity index (χ0) is 10.4. The summed E-state index contributed by atoms with van der Waals surface area (Å²) in [6, 6.07) is 9.74. The van der Waals surface area contributed by atoms with Crippen molar-refractivity contribution in [2.75, 3.05) is 0 Å². The molecule has 1 aromatic rings. The molecular weight excluding hydrogens is 242 g/mol. The highest BCUT2D eigenvalue weighted by atomic mass is 79.9. The SMILES string of the molecule is CCC(Br)C(O)N=Cc1ccccc1. The molecule has 1 rings (SSSR count). The number of aliphatic hydroxyl groups excluding tert-OH is 1. The maximum Gasteiger partial charge on any atom is 0.157 e. The minimum Gasteiger partial charge on any atom is -0.371 e. The number of hydrogen-bond acceptors (Lipinski definition) is 2. The molecule has 0 aliphatic heterocycles. The van der Waals surface area contributed by atoms with E-state index in [0.29, 0.717) is 0 Å². The number of rotatable bonds is 4. The van der Waals surface area contributed by atoms with Crippen molar-refractivity contribution >= 4 is 22.1 Å². The van der Waals surface area contributed by atoms with Gasteiger partial charge in [0.05, 0.1) is 4.83 Å². The van der Waals surface area contributed by atoms with E-state index >= 15 is 0 Å². The number of aliphatic hydroxyl groups is 1. The average Bonchev–Trinajstić information content (AvgIpc) is 2.26. The third-order valence-electron chi connectivity index (χ3n) is 1.89. The van der Waals surface area contributed by atoms with Gasteiger partial charge in [-0.05, 0) is 12.0 Å². The van der Waals surface area contributed by atoms with Gasteiger partial charge in [-0.15, -0.1) is 0 Å². The van der Waals surface area contributed by atoms with E-state index in [4.69, 9.17) is 0 Å². The van der Waals surface area contributed by atoms with E-state index in [1.807, 2.05) is 37.3 Å². The van der Waals surface area contributed by atoms with Gasteiger partial charge in [-0.1, -0.05) is 53.2 Å². The predicted molar refractivity (Wildman–Crippen MR) is 63.0 cm³/mol. The first kappa shape index (κ1) is 11.4. The number of alkyl halides is 1. The lowest BCUT2D eigenvalue weighted by molar-refractivity contribution is 0.182. The third kappa shape index (κ3) is 3.60. The molecule has 1 N–H and O–H groups in total. The van der Waals surface area contributed by atoms with Gasteiger partial charge in [-0.25, -0.2) is 0 Å². The monoisotopic (exact) mass is 255 g/mol. The van der Waals surface area contributed by atoms with Crippen LogP contribution in [-0.4, -0.2) is 22.4 Å². The molecule has 14 heavy (non-hydrogen) atoms. The molecule has 0 spiro atoms. The fourth-order valence-corrected chi connectivity index (χ4v) is 1.14. The molecule has 1 aromatic carbocycles. The van der Waals surface area contributed by atoms with Crippen molar-refractivity contribution in [2.24, 2.45) is 4.99 Å². The number of benzene rings is 1. The molecule has 0 fully saturated rings. The summed E-state index contributed by atoms with van der Waals surface area (Å²) in [7, 11) is 0. The molecular formula is C11H14BrNO. The van der Waals surface area contributed by atoms with Crippen molar-refractivity contribution in [3.8, 4) is 0 Å². The largest absolute Gasteiger partial charge is 0.371 e. The molecule has 3 heteroatoms. The van der Waals surface area contributed by atoms with Gasteiger partial charge in [0.15, 0.2) is 6.23 Å². The number of aliphatic imine (C=N–C) groups is 1. The molecule has 2 atom stereocenters. The highest BCUT2D eigenvalue weighted by molar-refractivity contribution is 9.09. The summed E-state index contributed by atoms with van der Waals surface area (Å²) in [5.41, 5.74) is 1.00. The predicted octanol–water partition coefficient (Wildman–Crippen LogP) is 2.60. The second-order valence-electron chi connectivity index (χ2n) is 3.03. The molecule has 2 unspecified atom stereocenters. The number of halogens is 1. The van der Waals surface area contributed by atoms with Crippen molar-refractivity contribution in [3.05, 3.63) is 35.9 Å². The lowest BCUT2D eigenvalue weighted by atomic mass is 10.2. The first-order valence-electron chi connectivity index (χ1n) is 4.64. The molecule has 2 nitrogen and oxygen atoms in total. The van der Waals surface area contributed by atoms with E-state index in [-0.39, 0.29) is 4.83 Å². The minimum absolute atomic E-state index is 0.0301. The normalized spacial score (nSPS) is 15.6. The Morgan fingerprint density at radius 1 is 1.43 bits per heavy atom. The molecule has 0 radical (unpaired) electrons. The van der Waals surface area contributed by atoms with Crippen LogP contribution in [0.5, 0.6) is 0 Å². The summed E-state index contributed by atoms with van der Waals surface area (Å²) < 4.78 is 0. The third-order valence-corrected chi connectivity index (χ3v) is 3.01. The highest BCUT2D eigenvalue weighted by Crippen LogP contribution is 2.10. The van der Waals surface area contributed by atoms with Crippen molar-refractivity contribution < 1.29 is 5.11 Å². The van der Waals surface area contributed by atoms with Gasteiger partial charge in [-0.2, -0.15) is 0 Å². The first-order valence-corrected chi connectivity index (χ1v) is 5.56. The smallest absolute Gasteiger partial charge is 0.157 e. The van der Waals surface area contributed by atoms with Crippen molar-refractivity contribution in [1.82, 2.24) is 0 Å². The molecule has 0 aliphatic carbocycles. The van der Waals surface area contributed by atoms with Crippen LogP contribution in [0, 0.1) is 0 Å². The van der Waals surface area contributed by atoms with E-state index in [0.717, 1.165) is 12.0 Å². The van der Waals surface area contributed by atoms with Crippen molar-refractivity contribution in [1.29, 1.82) is 0 Å². The van der Waals surface area contributed by atoms with E-state index in [9.17, 15) is 5.11 Å². The molecule has 0 saturated carbocycles. The lowest BCUT2D eigenvalue weighted by Gasteiger charge is -2.09. The zero-order valence-corrected chi connectivity index (χ0v) is 9.68. The highest BCUT2D eigenvalue weighted by Gasteiger charge is 2.10. The van der Waals surface area contributed by atoms with Gasteiger partial charge in [-0.3, -0.25) is 4.99 Å². The van der Waals surface area contributed by atoms with Gasteiger partial charge in [0.25, 0.3) is 0 Å². The van der Waals surface area contributed by atoms with Crippen LogP contribution in [-0.2, 0) is 0 Å². The van der Waals surface area contributed by atoms with E-state index in [2.05, 4.69) is 20.9 Å². The van der Waals surface area contributed by atoms with Crippen LogP contribution in [0.15, 0.2) is 35.3 Å². The molecule has 76 valence electrons. The average molecular weight is 256 g/mol. The fraction of sp³-hybridized carbons (Fsp3) is 0.364. The molecule has 0 amide bonds. The van der Waals surface area contributed by atoms with E-state index in [1.54, 1.807) is 6.21 Å². The molecule has 0 aromatic heterocycles. The molecule has 0 aliphatic rings. The van der Waals surface area contributed by atoms with Crippen molar-refractivity contribution in [2.45, 2.75) is 24.4 Å². The Balaban J connectivity index is 2.56. The fourth-order valence-electron chi connectivity index (χ4n) is 1.01. The Morgan fingerprint density at radius 3 is 2.64 bits per heavy atom. The number of hydrogen-bond donors (Lipinski definition) is 1. The van der Waals surface area contributed by atoms with Crippen LogP contribution in [0.3, 0.4) is 0 Å². The second-order valence-corrected chi connectivity index (χ2v) is 4.20. The molecule has 0 bridgehead atoms. The van der Waals surface area contributed by atoms with Crippen molar-refractivity contribution in [3.63, 3.8) is 0 Å². The molecule has 0 saturated heterocycles. The zero-order valence-electron chi connectivity index (χ0n) is 8.10. The molecule has 0 heterocycles. The Labute approximate surface area is 92.8 Å². The quantitative estimate of drug-likeness (QED) is 0.651. The van der Waals surface area contributed by atoms with Gasteiger partial charge >= 0.3 is 0 Å². The standard InChI is InChI=1S/C11H14BrNO/c1-2-10(12)11(14)13-8-9-6-4-3-5-7-9/h3-8,10-11,14H,2H2,1H3. The summed E-state index contributed by atoms with van der Waals surface area (Å²) in [5.74, 6) is 0. The summed E-state index contributed by atoms with van der Waals surface area (Å²) in [6.45, 7) is 2.00. The van der Waals surface area contributed by atoms with Gasteiger partial charge < -0.3 is 5.11 Å².